The van der Waals surface area contributed by atoms with Gasteiger partial charge in [-0.15, -0.1) is 11.3 Å². The van der Waals surface area contributed by atoms with Gasteiger partial charge in [0, 0.05) is 31.8 Å². The summed E-state index contributed by atoms with van der Waals surface area (Å²) in [6.45, 7) is 13.1. The van der Waals surface area contributed by atoms with Gasteiger partial charge in [-0.2, -0.15) is 0 Å². The van der Waals surface area contributed by atoms with Crippen molar-refractivity contribution in [1.82, 2.24) is 15.2 Å². The molecule has 1 aliphatic heterocycles. The highest BCUT2D eigenvalue weighted by atomic mass is 32.1. The number of piperidine rings is 1. The van der Waals surface area contributed by atoms with E-state index in [4.69, 9.17) is 4.98 Å². The minimum absolute atomic E-state index is 0.00698. The van der Waals surface area contributed by atoms with Crippen LogP contribution in [0.4, 0.5) is 0 Å². The van der Waals surface area contributed by atoms with Gasteiger partial charge in [-0.05, 0) is 74.9 Å². The Morgan fingerprint density at radius 2 is 1.87 bits per heavy atom. The van der Waals surface area contributed by atoms with Crippen LogP contribution < -0.4 is 5.32 Å². The van der Waals surface area contributed by atoms with E-state index in [2.05, 4.69) is 50.0 Å². The molecule has 214 valence electrons. The zero-order chi connectivity index (χ0) is 28.4. The molecule has 1 aromatic heterocycles. The summed E-state index contributed by atoms with van der Waals surface area (Å²) in [7, 11) is 0. The van der Waals surface area contributed by atoms with Crippen molar-refractivity contribution in [1.29, 1.82) is 0 Å². The average Bonchev–Trinajstić information content (AvgIpc) is 3.32. The number of nitrogens with one attached hydrogen (secondary N) is 1. The van der Waals surface area contributed by atoms with Crippen molar-refractivity contribution in [3.63, 3.8) is 0 Å². The van der Waals surface area contributed by atoms with Gasteiger partial charge in [-0.3, -0.25) is 14.5 Å². The van der Waals surface area contributed by atoms with Gasteiger partial charge in [0.15, 0.2) is 5.78 Å². The Morgan fingerprint density at radius 3 is 2.54 bits per heavy atom. The molecule has 0 spiro atoms. The van der Waals surface area contributed by atoms with E-state index in [1.807, 2.05) is 12.1 Å². The third kappa shape index (κ3) is 9.95. The van der Waals surface area contributed by atoms with Gasteiger partial charge in [0.25, 0.3) is 0 Å². The van der Waals surface area contributed by atoms with Crippen LogP contribution in [0.15, 0.2) is 30.4 Å². The van der Waals surface area contributed by atoms with E-state index in [9.17, 15) is 14.4 Å². The summed E-state index contributed by atoms with van der Waals surface area (Å²) in [5.74, 6) is 0.169. The summed E-state index contributed by atoms with van der Waals surface area (Å²) in [5, 5.41) is 4.09. The standard InChI is InChI=1S/C32H47N3O3S/c1-6-23(4)28(15-13-27(37)11-10-18-35-16-8-7-9-17-35)34-32(38)26(19-24(5)36)21-31-33-29-14-12-25(22(2)3)20-30(29)39-31/h10-12,14,20,22-23,26,28H,6-9,13,15-19,21H2,1-5H3,(H,34,38)/b11-10+/t23-,26-,28+/m0/s1. The molecule has 2 aromatic rings. The molecule has 3 atom stereocenters. The number of rotatable bonds is 15. The molecular formula is C32H47N3O3S. The first-order valence-corrected chi connectivity index (χ1v) is 15.6. The van der Waals surface area contributed by atoms with Crippen molar-refractivity contribution in [3.8, 4) is 0 Å². The third-order valence-corrected chi connectivity index (χ3v) is 8.97. The average molecular weight is 554 g/mol. The van der Waals surface area contributed by atoms with Crippen LogP contribution in [0.25, 0.3) is 10.2 Å². The summed E-state index contributed by atoms with van der Waals surface area (Å²) in [4.78, 5) is 45.3. The van der Waals surface area contributed by atoms with Gasteiger partial charge in [-0.1, -0.05) is 52.7 Å². The largest absolute Gasteiger partial charge is 0.353 e. The molecule has 1 fully saturated rings. The fraction of sp³-hybridized carbons (Fsp3) is 0.625. The lowest BCUT2D eigenvalue weighted by Crippen LogP contribution is -2.43. The predicted molar refractivity (Wildman–Crippen MR) is 161 cm³/mol. The zero-order valence-corrected chi connectivity index (χ0v) is 25.3. The van der Waals surface area contributed by atoms with E-state index in [0.717, 1.165) is 41.3 Å². The molecule has 3 rings (SSSR count). The quantitative estimate of drug-likeness (QED) is 0.255. The SMILES string of the molecule is CC[C@H](C)[C@@H](CCC(=O)/C=C/CN1CCCCC1)NC(=O)[C@@H](CC(C)=O)Cc1nc2ccc(C(C)C)cc2s1. The van der Waals surface area contributed by atoms with Gasteiger partial charge >= 0.3 is 0 Å². The molecule has 2 heterocycles. The van der Waals surface area contributed by atoms with Crippen molar-refractivity contribution < 1.29 is 14.4 Å². The molecular weight excluding hydrogens is 506 g/mol. The predicted octanol–water partition coefficient (Wildman–Crippen LogP) is 6.48. The van der Waals surface area contributed by atoms with E-state index < -0.39 is 5.92 Å². The monoisotopic (exact) mass is 553 g/mol. The normalized spacial score (nSPS) is 17.0. The topological polar surface area (TPSA) is 79.4 Å². The number of nitrogens with zero attached hydrogens (tertiary/aromatic N) is 2. The van der Waals surface area contributed by atoms with Crippen molar-refractivity contribution in [2.24, 2.45) is 11.8 Å². The van der Waals surface area contributed by atoms with E-state index in [0.29, 0.717) is 25.2 Å². The molecule has 1 amide bonds. The molecule has 0 aliphatic carbocycles. The van der Waals surface area contributed by atoms with Gasteiger partial charge in [-0.25, -0.2) is 4.98 Å². The first-order chi connectivity index (χ1) is 18.7. The smallest absolute Gasteiger partial charge is 0.224 e. The number of hydrogen-bond donors (Lipinski definition) is 1. The maximum Gasteiger partial charge on any atom is 0.224 e. The second-order valence-electron chi connectivity index (χ2n) is 11.6. The van der Waals surface area contributed by atoms with Crippen molar-refractivity contribution in [2.75, 3.05) is 19.6 Å². The molecule has 0 unspecified atom stereocenters. The number of fused-ring (bicyclic) bond motifs is 1. The molecule has 7 heteroatoms. The molecule has 1 saturated heterocycles. The van der Waals surface area contributed by atoms with Gasteiger partial charge in [0.05, 0.1) is 21.1 Å². The number of aromatic nitrogens is 1. The summed E-state index contributed by atoms with van der Waals surface area (Å²) in [6, 6.07) is 6.22. The lowest BCUT2D eigenvalue weighted by molar-refractivity contribution is -0.129. The zero-order valence-electron chi connectivity index (χ0n) is 24.5. The number of thiazole rings is 1. The first-order valence-electron chi connectivity index (χ1n) is 14.8. The van der Waals surface area contributed by atoms with Crippen molar-refractivity contribution >= 4 is 39.0 Å². The molecule has 0 radical (unpaired) electrons. The fourth-order valence-electron chi connectivity index (χ4n) is 5.19. The van der Waals surface area contributed by atoms with Crippen molar-refractivity contribution in [3.05, 3.63) is 40.9 Å². The number of Topliss-reactive ketones (excluding diaryl/α,β-unsaturated/α-hetero) is 1. The van der Waals surface area contributed by atoms with E-state index in [-0.39, 0.29) is 35.9 Å². The fourth-order valence-corrected chi connectivity index (χ4v) is 6.29. The Morgan fingerprint density at radius 1 is 1.13 bits per heavy atom. The number of likely N-dealkylation sites (tertiary alicyclic amines) is 1. The minimum atomic E-state index is -0.473. The number of carbonyl (C=O) groups is 3. The Bertz CT molecular complexity index is 1130. The van der Waals surface area contributed by atoms with E-state index in [1.165, 1.54) is 31.7 Å². The van der Waals surface area contributed by atoms with Gasteiger partial charge in [0.2, 0.25) is 5.91 Å². The highest BCUT2D eigenvalue weighted by Crippen LogP contribution is 2.28. The van der Waals surface area contributed by atoms with Crippen molar-refractivity contribution in [2.45, 2.75) is 97.9 Å². The van der Waals surface area contributed by atoms with Crippen LogP contribution in [-0.4, -0.2) is 53.0 Å². The number of allylic oxidation sites excluding steroid dienone is 1. The summed E-state index contributed by atoms with van der Waals surface area (Å²) in [6.07, 6.45) is 9.99. The summed E-state index contributed by atoms with van der Waals surface area (Å²) in [5.41, 5.74) is 2.20. The Balaban J connectivity index is 1.62. The highest BCUT2D eigenvalue weighted by molar-refractivity contribution is 7.18. The lowest BCUT2D eigenvalue weighted by Gasteiger charge is -2.26. The maximum atomic E-state index is 13.5. The Hall–Kier alpha value is -2.38. The van der Waals surface area contributed by atoms with Crippen LogP contribution in [-0.2, 0) is 20.8 Å². The first kappa shape index (κ1) is 31.2. The molecule has 6 nitrogen and oxygen atoms in total. The number of amides is 1. The second-order valence-corrected chi connectivity index (χ2v) is 12.7. The lowest BCUT2D eigenvalue weighted by atomic mass is 9.92. The van der Waals surface area contributed by atoms with Crippen LogP contribution in [0.5, 0.6) is 0 Å². The van der Waals surface area contributed by atoms with Crippen LogP contribution >= 0.6 is 11.3 Å². The highest BCUT2D eigenvalue weighted by Gasteiger charge is 2.27. The van der Waals surface area contributed by atoms with Gasteiger partial charge in [0.1, 0.15) is 5.78 Å². The molecule has 1 aromatic carbocycles. The number of carbonyl (C=O) groups excluding carboxylic acids is 3. The molecule has 39 heavy (non-hydrogen) atoms. The second kappa shape index (κ2) is 15.4. The van der Waals surface area contributed by atoms with E-state index >= 15 is 0 Å². The molecule has 0 saturated carbocycles. The van der Waals surface area contributed by atoms with E-state index in [1.54, 1.807) is 17.4 Å². The van der Waals surface area contributed by atoms with Gasteiger partial charge < -0.3 is 10.1 Å². The Kier molecular flexibility index (Phi) is 12.3. The van der Waals surface area contributed by atoms with Crippen LogP contribution in [0, 0.1) is 11.8 Å². The summed E-state index contributed by atoms with van der Waals surface area (Å²) >= 11 is 1.61. The number of benzene rings is 1. The molecule has 1 aliphatic rings. The summed E-state index contributed by atoms with van der Waals surface area (Å²) < 4.78 is 1.11. The third-order valence-electron chi connectivity index (χ3n) is 7.93. The molecule has 0 bridgehead atoms. The maximum absolute atomic E-state index is 13.5. The number of hydrogen-bond acceptors (Lipinski definition) is 6. The number of ketones is 2. The van der Waals surface area contributed by atoms with Crippen LogP contribution in [0.1, 0.15) is 96.1 Å². The van der Waals surface area contributed by atoms with Crippen LogP contribution in [0.3, 0.4) is 0 Å². The Labute approximate surface area is 238 Å². The van der Waals surface area contributed by atoms with Crippen LogP contribution in [0.2, 0.25) is 0 Å². The molecule has 1 N–H and O–H groups in total. The minimum Gasteiger partial charge on any atom is -0.353 e.